The molecule has 2 aromatic heterocycles. The summed E-state index contributed by atoms with van der Waals surface area (Å²) in [7, 11) is 1.67. The van der Waals surface area contributed by atoms with Crippen molar-refractivity contribution in [3.05, 3.63) is 42.9 Å². The van der Waals surface area contributed by atoms with Crippen LogP contribution in [0.5, 0.6) is 0 Å². The van der Waals surface area contributed by atoms with Gasteiger partial charge in [-0.25, -0.2) is 0 Å². The van der Waals surface area contributed by atoms with Gasteiger partial charge in [0.25, 0.3) is 0 Å². The summed E-state index contributed by atoms with van der Waals surface area (Å²) in [4.78, 5) is 1.22. The summed E-state index contributed by atoms with van der Waals surface area (Å²) in [5.41, 5.74) is 0. The number of ether oxygens (including phenoxy) is 1. The van der Waals surface area contributed by atoms with Crippen LogP contribution in [0, 0.1) is 0 Å². The van der Waals surface area contributed by atoms with Crippen LogP contribution >= 0.6 is 43.2 Å². The van der Waals surface area contributed by atoms with Crippen molar-refractivity contribution >= 4 is 43.2 Å². The Bertz CT molecular complexity index is 534. The maximum atomic E-state index is 5.88. The normalized spacial score (nSPS) is 12.8. The number of hydrogen-bond donors (Lipinski definition) is 1. The molecule has 0 saturated heterocycles. The number of furan rings is 1. The molecule has 20 heavy (non-hydrogen) atoms. The van der Waals surface area contributed by atoms with E-state index in [-0.39, 0.29) is 6.04 Å². The molecule has 2 heterocycles. The van der Waals surface area contributed by atoms with Crippen molar-refractivity contribution in [2.75, 3.05) is 13.7 Å². The van der Waals surface area contributed by atoms with Gasteiger partial charge in [-0.05, 0) is 63.0 Å². The van der Waals surface area contributed by atoms with Gasteiger partial charge in [-0.1, -0.05) is 6.92 Å². The van der Waals surface area contributed by atoms with Crippen LogP contribution < -0.4 is 5.32 Å². The monoisotopic (exact) mass is 421 g/mol. The van der Waals surface area contributed by atoms with Crippen molar-refractivity contribution < 1.29 is 9.15 Å². The van der Waals surface area contributed by atoms with Crippen LogP contribution in [-0.4, -0.2) is 13.7 Å². The second-order valence-corrected chi connectivity index (χ2v) is 7.65. The fourth-order valence-electron chi connectivity index (χ4n) is 1.91. The van der Waals surface area contributed by atoms with Gasteiger partial charge in [0.15, 0.2) is 0 Å². The summed E-state index contributed by atoms with van der Waals surface area (Å²) < 4.78 is 13.2. The summed E-state index contributed by atoms with van der Waals surface area (Å²) in [6.07, 6.45) is 1.08. The zero-order chi connectivity index (χ0) is 14.5. The van der Waals surface area contributed by atoms with Crippen LogP contribution in [0.1, 0.15) is 35.8 Å². The van der Waals surface area contributed by atoms with Crippen molar-refractivity contribution in [1.82, 2.24) is 5.32 Å². The molecule has 110 valence electrons. The molecule has 0 aliphatic carbocycles. The van der Waals surface area contributed by atoms with Crippen LogP contribution in [0.15, 0.2) is 30.9 Å². The molecule has 0 aliphatic rings. The maximum absolute atomic E-state index is 5.88. The average Bonchev–Trinajstić information content (AvgIpc) is 2.99. The third kappa shape index (κ3) is 3.95. The fourth-order valence-corrected chi connectivity index (χ4v) is 4.08. The van der Waals surface area contributed by atoms with Gasteiger partial charge in [-0.2, -0.15) is 0 Å². The lowest BCUT2D eigenvalue weighted by Crippen LogP contribution is -2.21. The molecule has 0 spiro atoms. The van der Waals surface area contributed by atoms with E-state index in [2.05, 4.69) is 50.2 Å². The van der Waals surface area contributed by atoms with Crippen molar-refractivity contribution in [2.24, 2.45) is 0 Å². The molecule has 1 unspecified atom stereocenters. The first kappa shape index (κ1) is 16.2. The number of thiophene rings is 1. The Hall–Kier alpha value is -0.140. The maximum Gasteiger partial charge on any atom is 0.129 e. The first-order valence-corrected chi connectivity index (χ1v) is 8.81. The van der Waals surface area contributed by atoms with Gasteiger partial charge in [-0.15, -0.1) is 11.3 Å². The van der Waals surface area contributed by atoms with Gasteiger partial charge in [0, 0.05) is 16.5 Å². The Morgan fingerprint density at radius 3 is 2.80 bits per heavy atom. The van der Waals surface area contributed by atoms with E-state index in [1.807, 2.05) is 12.1 Å². The highest BCUT2D eigenvalue weighted by molar-refractivity contribution is 9.13. The fraction of sp³-hybridized carbons (Fsp3) is 0.429. The molecule has 3 nitrogen and oxygen atoms in total. The van der Waals surface area contributed by atoms with Crippen molar-refractivity contribution in [3.63, 3.8) is 0 Å². The molecule has 0 saturated carbocycles. The van der Waals surface area contributed by atoms with Gasteiger partial charge in [0.05, 0.1) is 3.79 Å². The molecule has 2 rings (SSSR count). The average molecular weight is 423 g/mol. The molecule has 1 atom stereocenters. The molecule has 0 fully saturated rings. The summed E-state index contributed by atoms with van der Waals surface area (Å²) in [5.74, 6) is 1.77. The van der Waals surface area contributed by atoms with E-state index in [1.54, 1.807) is 18.4 Å². The first-order chi connectivity index (χ1) is 9.65. The number of halogens is 2. The van der Waals surface area contributed by atoms with Gasteiger partial charge in [0.2, 0.25) is 0 Å². The number of methoxy groups -OCH3 is 1. The molecule has 0 bridgehead atoms. The van der Waals surface area contributed by atoms with Crippen molar-refractivity contribution in [1.29, 1.82) is 0 Å². The van der Waals surface area contributed by atoms with Crippen LogP contribution in [0.25, 0.3) is 0 Å². The Kier molecular flexibility index (Phi) is 6.29. The summed E-state index contributed by atoms with van der Waals surface area (Å²) in [6.45, 7) is 3.60. The SMILES string of the molecule is CCCNC(c1ccc(COC)o1)c1cc(Br)c(Br)s1. The molecule has 2 aromatic rings. The summed E-state index contributed by atoms with van der Waals surface area (Å²) in [5, 5.41) is 3.53. The molecular formula is C14H17Br2NO2S. The minimum absolute atomic E-state index is 0.0770. The minimum atomic E-state index is 0.0770. The second-order valence-electron chi connectivity index (χ2n) is 4.39. The lowest BCUT2D eigenvalue weighted by molar-refractivity contribution is 0.162. The van der Waals surface area contributed by atoms with E-state index in [0.29, 0.717) is 6.61 Å². The van der Waals surface area contributed by atoms with Gasteiger partial charge < -0.3 is 14.5 Å². The van der Waals surface area contributed by atoms with E-state index in [4.69, 9.17) is 9.15 Å². The van der Waals surface area contributed by atoms with E-state index < -0.39 is 0 Å². The van der Waals surface area contributed by atoms with Crippen LogP contribution in [0.4, 0.5) is 0 Å². The Morgan fingerprint density at radius 2 is 2.20 bits per heavy atom. The Balaban J connectivity index is 2.25. The molecular weight excluding hydrogens is 406 g/mol. The topological polar surface area (TPSA) is 34.4 Å². The lowest BCUT2D eigenvalue weighted by Gasteiger charge is -2.14. The van der Waals surface area contributed by atoms with Gasteiger partial charge in [0.1, 0.15) is 24.2 Å². The van der Waals surface area contributed by atoms with E-state index in [1.165, 1.54) is 4.88 Å². The second kappa shape index (κ2) is 7.75. The third-order valence-electron chi connectivity index (χ3n) is 2.80. The van der Waals surface area contributed by atoms with E-state index >= 15 is 0 Å². The third-order valence-corrected chi connectivity index (χ3v) is 6.12. The molecule has 1 N–H and O–H groups in total. The summed E-state index contributed by atoms with van der Waals surface area (Å²) in [6, 6.07) is 6.19. The zero-order valence-corrected chi connectivity index (χ0v) is 15.4. The lowest BCUT2D eigenvalue weighted by atomic mass is 10.2. The molecule has 0 aliphatic heterocycles. The first-order valence-electron chi connectivity index (χ1n) is 6.41. The predicted molar refractivity (Wildman–Crippen MR) is 89.3 cm³/mol. The molecule has 0 amide bonds. The highest BCUT2D eigenvalue weighted by Crippen LogP contribution is 2.38. The number of hydrogen-bond acceptors (Lipinski definition) is 4. The minimum Gasteiger partial charge on any atom is -0.462 e. The highest BCUT2D eigenvalue weighted by atomic mass is 79.9. The van der Waals surface area contributed by atoms with Gasteiger partial charge >= 0.3 is 0 Å². The Morgan fingerprint density at radius 1 is 1.40 bits per heavy atom. The molecule has 0 aromatic carbocycles. The van der Waals surface area contributed by atoms with Crippen LogP contribution in [0.2, 0.25) is 0 Å². The van der Waals surface area contributed by atoms with E-state index in [9.17, 15) is 0 Å². The standard InChI is InChI=1S/C14H17Br2NO2S/c1-3-6-17-13(12-7-10(15)14(16)20-12)11-5-4-9(19-11)8-18-2/h4-5,7,13,17H,3,6,8H2,1-2H3. The summed E-state index contributed by atoms with van der Waals surface area (Å²) >= 11 is 8.80. The van der Waals surface area contributed by atoms with Crippen molar-refractivity contribution in [3.8, 4) is 0 Å². The van der Waals surface area contributed by atoms with Gasteiger partial charge in [-0.3, -0.25) is 0 Å². The van der Waals surface area contributed by atoms with Crippen LogP contribution in [0.3, 0.4) is 0 Å². The molecule has 0 radical (unpaired) electrons. The zero-order valence-electron chi connectivity index (χ0n) is 11.4. The quantitative estimate of drug-likeness (QED) is 0.673. The van der Waals surface area contributed by atoms with E-state index in [0.717, 1.165) is 32.7 Å². The van der Waals surface area contributed by atoms with Crippen LogP contribution in [-0.2, 0) is 11.3 Å². The van der Waals surface area contributed by atoms with Crippen molar-refractivity contribution in [2.45, 2.75) is 26.0 Å². The highest BCUT2D eigenvalue weighted by Gasteiger charge is 2.20. The number of rotatable bonds is 7. The number of nitrogens with one attached hydrogen (secondary N) is 1. The largest absolute Gasteiger partial charge is 0.462 e. The smallest absolute Gasteiger partial charge is 0.129 e. The Labute approximate surface area is 140 Å². The molecule has 6 heteroatoms. The predicted octanol–water partition coefficient (Wildman–Crippen LogP) is 5.10.